The molecule has 2 atom stereocenters. The van der Waals surface area contributed by atoms with Gasteiger partial charge in [-0.3, -0.25) is 9.69 Å². The van der Waals surface area contributed by atoms with Crippen LogP contribution < -0.4 is 0 Å². The second-order valence-corrected chi connectivity index (χ2v) is 8.03. The van der Waals surface area contributed by atoms with Gasteiger partial charge < -0.3 is 19.3 Å². The van der Waals surface area contributed by atoms with Crippen molar-refractivity contribution in [3.8, 4) is 0 Å². The highest BCUT2D eigenvalue weighted by atomic mass is 19.4. The van der Waals surface area contributed by atoms with E-state index < -0.39 is 12.1 Å². The Morgan fingerprint density at radius 1 is 1.27 bits per heavy atom. The molecule has 0 radical (unpaired) electrons. The molecule has 2 unspecified atom stereocenters. The summed E-state index contributed by atoms with van der Waals surface area (Å²) in [5, 5.41) is 7.12. The minimum Gasteiger partial charge on any atom is -0.475 e. The number of imidazole rings is 1. The predicted octanol–water partition coefficient (Wildman–Crippen LogP) is 1.61. The Morgan fingerprint density at radius 3 is 2.63 bits per heavy atom. The van der Waals surface area contributed by atoms with Crippen LogP contribution in [0.25, 0.3) is 0 Å². The lowest BCUT2D eigenvalue weighted by Crippen LogP contribution is -2.38. The zero-order chi connectivity index (χ0) is 21.7. The number of carboxylic acids is 1. The maximum atomic E-state index is 12.0. The Kier molecular flexibility index (Phi) is 7.35. The molecule has 2 saturated heterocycles. The molecule has 3 aliphatic rings. The van der Waals surface area contributed by atoms with Gasteiger partial charge in [0.05, 0.1) is 13.2 Å². The Labute approximate surface area is 172 Å². The molecule has 0 saturated carbocycles. The maximum absolute atomic E-state index is 12.0. The van der Waals surface area contributed by atoms with E-state index in [2.05, 4.69) is 25.5 Å². The first kappa shape index (κ1) is 22.5. The number of rotatable bonds is 4. The van der Waals surface area contributed by atoms with Crippen molar-refractivity contribution in [2.45, 2.75) is 38.5 Å². The maximum Gasteiger partial charge on any atom is 0.490 e. The van der Waals surface area contributed by atoms with E-state index in [0.29, 0.717) is 17.7 Å². The van der Waals surface area contributed by atoms with E-state index >= 15 is 0 Å². The van der Waals surface area contributed by atoms with Gasteiger partial charge in [0, 0.05) is 64.1 Å². The lowest BCUT2D eigenvalue weighted by atomic mass is 10.1. The number of alkyl halides is 3. The molecule has 1 amide bonds. The van der Waals surface area contributed by atoms with E-state index in [-0.39, 0.29) is 0 Å². The van der Waals surface area contributed by atoms with Crippen LogP contribution in [-0.4, -0.2) is 81.9 Å². The van der Waals surface area contributed by atoms with Crippen molar-refractivity contribution >= 4 is 11.9 Å². The van der Waals surface area contributed by atoms with Crippen LogP contribution in [0.5, 0.6) is 0 Å². The Hall–Kier alpha value is -2.14. The van der Waals surface area contributed by atoms with Crippen LogP contribution in [-0.2, 0) is 27.4 Å². The van der Waals surface area contributed by atoms with Gasteiger partial charge in [-0.1, -0.05) is 0 Å². The van der Waals surface area contributed by atoms with Crippen molar-refractivity contribution in [1.29, 1.82) is 0 Å². The molecule has 0 aliphatic carbocycles. The summed E-state index contributed by atoms with van der Waals surface area (Å²) in [6.07, 6.45) is 1.81. The van der Waals surface area contributed by atoms with Crippen LogP contribution in [0.15, 0.2) is 12.4 Å². The lowest BCUT2D eigenvalue weighted by molar-refractivity contribution is -0.192. The fourth-order valence-electron chi connectivity index (χ4n) is 4.18. The molecule has 1 N–H and O–H groups in total. The van der Waals surface area contributed by atoms with Gasteiger partial charge in [0.15, 0.2) is 0 Å². The minimum atomic E-state index is -5.08. The Balaban J connectivity index is 0.000000318. The molecule has 2 fully saturated rings. The molecule has 4 heterocycles. The number of carbonyl (C=O) groups is 2. The fourth-order valence-corrected chi connectivity index (χ4v) is 4.18. The summed E-state index contributed by atoms with van der Waals surface area (Å²) >= 11 is 0. The lowest BCUT2D eigenvalue weighted by Gasteiger charge is -2.28. The van der Waals surface area contributed by atoms with Crippen LogP contribution in [0.4, 0.5) is 13.2 Å². The summed E-state index contributed by atoms with van der Waals surface area (Å²) in [7, 11) is 0. The zero-order valence-electron chi connectivity index (χ0n) is 16.7. The number of fused-ring (bicyclic) bond motifs is 1. The molecule has 4 rings (SSSR count). The molecule has 1 aromatic rings. The number of aliphatic carboxylic acids is 1. The number of hydrogen-bond donors (Lipinski definition) is 1. The molecule has 1 aromatic heterocycles. The summed E-state index contributed by atoms with van der Waals surface area (Å²) in [6, 6.07) is 0. The molecular weight excluding hydrogens is 405 g/mol. The molecule has 168 valence electrons. The summed E-state index contributed by atoms with van der Waals surface area (Å²) in [5.41, 5.74) is 0. The van der Waals surface area contributed by atoms with E-state index in [0.717, 1.165) is 71.1 Å². The highest BCUT2D eigenvalue weighted by Gasteiger charge is 2.38. The molecular formula is C19H27F3N4O4. The van der Waals surface area contributed by atoms with Gasteiger partial charge in [0.2, 0.25) is 5.91 Å². The Bertz CT molecular complexity index is 734. The first-order chi connectivity index (χ1) is 14.2. The monoisotopic (exact) mass is 432 g/mol. The van der Waals surface area contributed by atoms with Gasteiger partial charge in [0.1, 0.15) is 5.82 Å². The number of likely N-dealkylation sites (tertiary alicyclic amines) is 1. The van der Waals surface area contributed by atoms with Crippen molar-refractivity contribution in [3.63, 3.8) is 0 Å². The van der Waals surface area contributed by atoms with Crippen LogP contribution in [0.1, 0.15) is 25.1 Å². The quantitative estimate of drug-likeness (QED) is 0.778. The number of amides is 1. The number of ether oxygens (including phenoxy) is 1. The Morgan fingerprint density at radius 2 is 2.03 bits per heavy atom. The van der Waals surface area contributed by atoms with Crippen LogP contribution in [0.2, 0.25) is 0 Å². The summed E-state index contributed by atoms with van der Waals surface area (Å²) < 4.78 is 39.5. The number of hydrogen-bond acceptors (Lipinski definition) is 5. The van der Waals surface area contributed by atoms with E-state index in [1.165, 1.54) is 6.42 Å². The molecule has 0 aromatic carbocycles. The number of aromatic nitrogens is 2. The zero-order valence-corrected chi connectivity index (χ0v) is 16.7. The average molecular weight is 432 g/mol. The van der Waals surface area contributed by atoms with Gasteiger partial charge in [-0.05, 0) is 18.8 Å². The van der Waals surface area contributed by atoms with Gasteiger partial charge in [-0.2, -0.15) is 13.2 Å². The number of carboxylic acid groups (broad SMARTS) is 1. The third-order valence-corrected chi connectivity index (χ3v) is 5.57. The first-order valence-corrected chi connectivity index (χ1v) is 10.1. The normalized spacial score (nSPS) is 24.9. The third kappa shape index (κ3) is 6.18. The smallest absolute Gasteiger partial charge is 0.475 e. The van der Waals surface area contributed by atoms with E-state index in [1.54, 1.807) is 0 Å². The molecule has 3 aliphatic heterocycles. The van der Waals surface area contributed by atoms with Crippen molar-refractivity contribution < 1.29 is 32.6 Å². The number of halogens is 3. The first-order valence-electron chi connectivity index (χ1n) is 10.1. The molecule has 0 bridgehead atoms. The molecule has 8 nitrogen and oxygen atoms in total. The molecule has 30 heavy (non-hydrogen) atoms. The van der Waals surface area contributed by atoms with Crippen molar-refractivity contribution in [2.75, 3.05) is 39.4 Å². The van der Waals surface area contributed by atoms with Crippen LogP contribution in [0.3, 0.4) is 0 Å². The highest BCUT2D eigenvalue weighted by molar-refractivity contribution is 5.78. The number of nitrogens with zero attached hydrogens (tertiary/aromatic N) is 4. The van der Waals surface area contributed by atoms with Gasteiger partial charge in [-0.25, -0.2) is 9.78 Å². The number of carbonyl (C=O) groups excluding carboxylic acids is 1. The second kappa shape index (κ2) is 9.78. The van der Waals surface area contributed by atoms with Crippen LogP contribution in [0, 0.1) is 11.8 Å². The third-order valence-electron chi connectivity index (χ3n) is 5.57. The van der Waals surface area contributed by atoms with E-state index in [9.17, 15) is 18.0 Å². The van der Waals surface area contributed by atoms with E-state index in [1.807, 2.05) is 6.20 Å². The van der Waals surface area contributed by atoms with Crippen molar-refractivity contribution in [2.24, 2.45) is 11.8 Å². The minimum absolute atomic E-state index is 0.329. The fraction of sp³-hybridized carbons (Fsp3) is 0.737. The average Bonchev–Trinajstić information content (AvgIpc) is 3.38. The SMILES string of the molecule is O=C(O)C(F)(F)F.O=C1CCCN1CC1CN(CC2CCOC2)Cc2nccn2C1. The largest absolute Gasteiger partial charge is 0.490 e. The highest BCUT2D eigenvalue weighted by Crippen LogP contribution is 2.22. The summed E-state index contributed by atoms with van der Waals surface area (Å²) in [4.78, 5) is 30.0. The van der Waals surface area contributed by atoms with Crippen molar-refractivity contribution in [3.05, 3.63) is 18.2 Å². The summed E-state index contributed by atoms with van der Waals surface area (Å²) in [6.45, 7) is 7.61. The van der Waals surface area contributed by atoms with Gasteiger partial charge >= 0.3 is 12.1 Å². The molecule has 11 heteroatoms. The van der Waals surface area contributed by atoms with Gasteiger partial charge in [0.25, 0.3) is 0 Å². The van der Waals surface area contributed by atoms with Crippen molar-refractivity contribution in [1.82, 2.24) is 19.4 Å². The van der Waals surface area contributed by atoms with Crippen LogP contribution >= 0.6 is 0 Å². The summed E-state index contributed by atoms with van der Waals surface area (Å²) in [5.74, 6) is -0.150. The molecule has 0 spiro atoms. The van der Waals surface area contributed by atoms with Gasteiger partial charge in [-0.15, -0.1) is 0 Å². The second-order valence-electron chi connectivity index (χ2n) is 8.03. The standard InChI is InChI=1S/C17H26N4O2.C2HF3O2/c22-17-2-1-5-21(17)11-15-9-19(8-14-3-7-23-13-14)12-16-18-4-6-20(16)10-15;3-2(4,5)1(6)7/h4,6,14-15H,1-3,5,7-13H2;(H,6,7). The predicted molar refractivity (Wildman–Crippen MR) is 99.4 cm³/mol. The van der Waals surface area contributed by atoms with E-state index in [4.69, 9.17) is 14.6 Å². The topological polar surface area (TPSA) is 87.9 Å².